The number of halogens is 1. The van der Waals surface area contributed by atoms with Crippen LogP contribution in [0.25, 0.3) is 0 Å². The van der Waals surface area contributed by atoms with Gasteiger partial charge in [0.25, 0.3) is 0 Å². The summed E-state index contributed by atoms with van der Waals surface area (Å²) in [6.07, 6.45) is 3.72. The Balaban J connectivity index is 2.06. The monoisotopic (exact) mass is 248 g/mol. The van der Waals surface area contributed by atoms with Crippen LogP contribution in [0.2, 0.25) is 0 Å². The van der Waals surface area contributed by atoms with Gasteiger partial charge in [0.05, 0.1) is 24.5 Å². The molecule has 2 N–H and O–H groups in total. The van der Waals surface area contributed by atoms with E-state index in [4.69, 9.17) is 5.73 Å². The molecule has 1 aromatic heterocycles. The summed E-state index contributed by atoms with van der Waals surface area (Å²) < 4.78 is 14.7. The summed E-state index contributed by atoms with van der Waals surface area (Å²) in [5.41, 5.74) is 7.60. The summed E-state index contributed by atoms with van der Waals surface area (Å²) in [7, 11) is 0. The molecule has 1 atom stereocenters. The minimum Gasteiger partial charge on any atom is -0.323 e. The lowest BCUT2D eigenvalue weighted by atomic mass is 10.1. The predicted octanol–water partition coefficient (Wildman–Crippen LogP) is 2.27. The zero-order valence-electron chi connectivity index (χ0n) is 10.4. The molecule has 0 aliphatic carbocycles. The van der Waals surface area contributed by atoms with Crippen molar-refractivity contribution in [2.75, 3.05) is 0 Å². The van der Waals surface area contributed by atoms with E-state index in [1.807, 2.05) is 12.3 Å². The Morgan fingerprint density at radius 1 is 1.44 bits per heavy atom. The lowest BCUT2D eigenvalue weighted by Crippen LogP contribution is -2.10. The first-order valence-electron chi connectivity index (χ1n) is 6.09. The van der Waals surface area contributed by atoms with Gasteiger partial charge in [-0.05, 0) is 24.1 Å². The minimum absolute atomic E-state index is 0.0729. The van der Waals surface area contributed by atoms with E-state index in [0.29, 0.717) is 6.54 Å². The molecule has 18 heavy (non-hydrogen) atoms. The van der Waals surface area contributed by atoms with Gasteiger partial charge >= 0.3 is 0 Å². The van der Waals surface area contributed by atoms with Crippen LogP contribution in [0, 0.1) is 5.82 Å². The van der Waals surface area contributed by atoms with Gasteiger partial charge in [0.15, 0.2) is 0 Å². The molecule has 4 nitrogen and oxygen atoms in total. The van der Waals surface area contributed by atoms with Crippen LogP contribution in [0.3, 0.4) is 0 Å². The van der Waals surface area contributed by atoms with Crippen molar-refractivity contribution >= 4 is 0 Å². The van der Waals surface area contributed by atoms with Crippen LogP contribution in [-0.2, 0) is 6.54 Å². The largest absolute Gasteiger partial charge is 0.323 e. The third-order valence-electron chi connectivity index (χ3n) is 2.77. The zero-order chi connectivity index (χ0) is 13.0. The molecule has 2 aromatic rings. The number of rotatable bonds is 5. The third kappa shape index (κ3) is 3.13. The fourth-order valence-corrected chi connectivity index (χ4v) is 1.84. The van der Waals surface area contributed by atoms with Gasteiger partial charge in [-0.2, -0.15) is 0 Å². The van der Waals surface area contributed by atoms with Crippen molar-refractivity contribution in [2.24, 2.45) is 5.73 Å². The first kappa shape index (κ1) is 12.7. The number of benzene rings is 1. The van der Waals surface area contributed by atoms with Crippen LogP contribution in [0.4, 0.5) is 4.39 Å². The molecule has 0 aliphatic rings. The molecule has 1 unspecified atom stereocenters. The third-order valence-corrected chi connectivity index (χ3v) is 2.77. The molecule has 96 valence electrons. The number of hydrogen-bond acceptors (Lipinski definition) is 3. The first-order chi connectivity index (χ1) is 8.69. The average molecular weight is 248 g/mol. The smallest absolute Gasteiger partial charge is 0.123 e. The zero-order valence-corrected chi connectivity index (χ0v) is 10.4. The quantitative estimate of drug-likeness (QED) is 0.883. The maximum atomic E-state index is 13.0. The van der Waals surface area contributed by atoms with Gasteiger partial charge in [-0.15, -0.1) is 5.10 Å². The molecule has 0 spiro atoms. The summed E-state index contributed by atoms with van der Waals surface area (Å²) in [4.78, 5) is 0. The van der Waals surface area contributed by atoms with E-state index < -0.39 is 0 Å². The van der Waals surface area contributed by atoms with Crippen LogP contribution < -0.4 is 5.73 Å². The highest BCUT2D eigenvalue weighted by atomic mass is 19.1. The minimum atomic E-state index is -0.240. The van der Waals surface area contributed by atoms with Crippen LogP contribution >= 0.6 is 0 Å². The maximum absolute atomic E-state index is 13.0. The van der Waals surface area contributed by atoms with Gasteiger partial charge in [0, 0.05) is 0 Å². The molecule has 1 heterocycles. The normalized spacial score (nSPS) is 12.6. The second-order valence-corrected chi connectivity index (χ2v) is 4.37. The summed E-state index contributed by atoms with van der Waals surface area (Å²) in [6.45, 7) is 2.58. The van der Waals surface area contributed by atoms with E-state index >= 15 is 0 Å². The summed E-state index contributed by atoms with van der Waals surface area (Å²) in [5, 5.41) is 8.06. The van der Waals surface area contributed by atoms with E-state index in [-0.39, 0.29) is 11.9 Å². The van der Waals surface area contributed by atoms with E-state index in [9.17, 15) is 4.39 Å². The highest BCUT2D eigenvalue weighted by molar-refractivity contribution is 5.16. The van der Waals surface area contributed by atoms with E-state index in [2.05, 4.69) is 17.2 Å². The predicted molar refractivity (Wildman–Crippen MR) is 67.4 cm³/mol. The Kier molecular flexibility index (Phi) is 4.04. The highest BCUT2D eigenvalue weighted by Gasteiger charge is 2.09. The summed E-state index contributed by atoms with van der Waals surface area (Å²) in [5.74, 6) is -0.240. The molecule has 0 radical (unpaired) electrons. The number of hydrogen-bond donors (Lipinski definition) is 1. The molecule has 2 rings (SSSR count). The van der Waals surface area contributed by atoms with Gasteiger partial charge in [-0.25, -0.2) is 9.07 Å². The molecule has 0 saturated carbocycles. The number of nitrogens with two attached hydrogens (primary N) is 1. The van der Waals surface area contributed by atoms with Crippen LogP contribution in [0.1, 0.15) is 37.1 Å². The van der Waals surface area contributed by atoms with Gasteiger partial charge in [0.1, 0.15) is 5.82 Å². The van der Waals surface area contributed by atoms with Gasteiger partial charge in [-0.1, -0.05) is 30.7 Å². The molecular formula is C13H17FN4. The molecule has 5 heteroatoms. The molecule has 0 fully saturated rings. The first-order valence-corrected chi connectivity index (χ1v) is 6.09. The number of aromatic nitrogens is 3. The average Bonchev–Trinajstić information content (AvgIpc) is 2.78. The molecular weight excluding hydrogens is 231 g/mol. The maximum Gasteiger partial charge on any atom is 0.123 e. The van der Waals surface area contributed by atoms with E-state index in [1.165, 1.54) is 12.1 Å². The van der Waals surface area contributed by atoms with Gasteiger partial charge in [0.2, 0.25) is 0 Å². The fourth-order valence-electron chi connectivity index (χ4n) is 1.84. The van der Waals surface area contributed by atoms with Gasteiger partial charge < -0.3 is 5.73 Å². The number of nitrogens with zero attached hydrogens (tertiary/aromatic N) is 3. The summed E-state index contributed by atoms with van der Waals surface area (Å²) >= 11 is 0. The summed E-state index contributed by atoms with van der Waals surface area (Å²) in [6, 6.07) is 6.39. The lowest BCUT2D eigenvalue weighted by molar-refractivity contribution is 0.611. The van der Waals surface area contributed by atoms with E-state index in [0.717, 1.165) is 24.1 Å². The topological polar surface area (TPSA) is 56.7 Å². The fraction of sp³-hybridized carbons (Fsp3) is 0.385. The Morgan fingerprint density at radius 3 is 3.00 bits per heavy atom. The second-order valence-electron chi connectivity index (χ2n) is 4.37. The lowest BCUT2D eigenvalue weighted by Gasteiger charge is -2.04. The SMILES string of the molecule is CCCC(N)c1cn(Cc2cccc(F)c2)nn1. The van der Waals surface area contributed by atoms with Crippen molar-refractivity contribution in [3.8, 4) is 0 Å². The van der Waals surface area contributed by atoms with Crippen molar-refractivity contribution in [1.82, 2.24) is 15.0 Å². The van der Waals surface area contributed by atoms with Crippen LogP contribution in [0.15, 0.2) is 30.5 Å². The van der Waals surface area contributed by atoms with Crippen molar-refractivity contribution in [3.05, 3.63) is 47.5 Å². The van der Waals surface area contributed by atoms with Crippen molar-refractivity contribution in [1.29, 1.82) is 0 Å². The molecule has 1 aromatic carbocycles. The molecule has 0 bridgehead atoms. The van der Waals surface area contributed by atoms with E-state index in [1.54, 1.807) is 10.7 Å². The molecule has 0 aliphatic heterocycles. The molecule has 0 saturated heterocycles. The Hall–Kier alpha value is -1.75. The highest BCUT2D eigenvalue weighted by Crippen LogP contribution is 2.13. The Morgan fingerprint density at radius 2 is 2.28 bits per heavy atom. The standard InChI is InChI=1S/C13H17FN4/c1-2-4-12(15)13-9-18(17-16-13)8-10-5-3-6-11(14)7-10/h3,5-7,9,12H,2,4,8,15H2,1H3. The van der Waals surface area contributed by atoms with Crippen LogP contribution in [0.5, 0.6) is 0 Å². The van der Waals surface area contributed by atoms with Crippen molar-refractivity contribution in [3.63, 3.8) is 0 Å². The second kappa shape index (κ2) is 5.73. The Bertz CT molecular complexity index is 509. The van der Waals surface area contributed by atoms with Crippen molar-refractivity contribution < 1.29 is 4.39 Å². The van der Waals surface area contributed by atoms with Crippen molar-refractivity contribution in [2.45, 2.75) is 32.4 Å². The van der Waals surface area contributed by atoms with Crippen LogP contribution in [-0.4, -0.2) is 15.0 Å². The van der Waals surface area contributed by atoms with Gasteiger partial charge in [-0.3, -0.25) is 0 Å². The Labute approximate surface area is 106 Å². The molecule has 0 amide bonds.